The second kappa shape index (κ2) is 7.12. The summed E-state index contributed by atoms with van der Waals surface area (Å²) >= 11 is 6.56. The fraction of sp³-hybridized carbons (Fsp3) is 0.278. The van der Waals surface area contributed by atoms with Gasteiger partial charge in [-0.25, -0.2) is 4.79 Å². The third-order valence-electron chi connectivity index (χ3n) is 4.92. The minimum Gasteiger partial charge on any atom is -0.477 e. The van der Waals surface area contributed by atoms with E-state index in [1.807, 2.05) is 0 Å². The Hall–Kier alpha value is -2.56. The lowest BCUT2D eigenvalue weighted by Crippen LogP contribution is -2.54. The van der Waals surface area contributed by atoms with E-state index in [-0.39, 0.29) is 21.6 Å². The number of nitrogens with zero attached hydrogens (tertiary/aromatic N) is 2. The van der Waals surface area contributed by atoms with E-state index in [1.54, 1.807) is 40.9 Å². The molecular formula is C18H14N2O6S2. The summed E-state index contributed by atoms with van der Waals surface area (Å²) in [4.78, 5) is 36.4. The zero-order chi connectivity index (χ0) is 20.0. The van der Waals surface area contributed by atoms with Crippen LogP contribution in [0, 0.1) is 10.1 Å². The van der Waals surface area contributed by atoms with Gasteiger partial charge in [0.25, 0.3) is 5.69 Å². The molecule has 0 spiro atoms. The minimum absolute atomic E-state index is 0.0514. The number of non-ortho nitro benzene ring substituents is 1. The molecule has 8 nitrogen and oxygen atoms in total. The molecule has 2 bridgehead atoms. The van der Waals surface area contributed by atoms with Crippen molar-refractivity contribution in [2.75, 3.05) is 12.4 Å². The highest BCUT2D eigenvalue weighted by Gasteiger charge is 2.51. The van der Waals surface area contributed by atoms with Gasteiger partial charge in [-0.15, -0.1) is 11.8 Å². The summed E-state index contributed by atoms with van der Waals surface area (Å²) in [6.45, 7) is 0.548. The number of carbonyl (C=O) groups is 2. The second-order valence-electron chi connectivity index (χ2n) is 6.57. The van der Waals surface area contributed by atoms with E-state index in [9.17, 15) is 24.8 Å². The van der Waals surface area contributed by atoms with Crippen molar-refractivity contribution in [3.8, 4) is 11.3 Å². The van der Waals surface area contributed by atoms with Crippen LogP contribution in [-0.4, -0.2) is 55.3 Å². The van der Waals surface area contributed by atoms with Crippen molar-refractivity contribution in [2.24, 2.45) is 0 Å². The zero-order valence-electron chi connectivity index (χ0n) is 14.3. The van der Waals surface area contributed by atoms with E-state index in [0.29, 0.717) is 29.5 Å². The molecule has 0 aliphatic carbocycles. The highest BCUT2D eigenvalue weighted by Crippen LogP contribution is 2.43. The summed E-state index contributed by atoms with van der Waals surface area (Å²) in [5, 5.41) is 20.2. The van der Waals surface area contributed by atoms with Crippen molar-refractivity contribution in [2.45, 2.75) is 17.2 Å². The molecule has 2 aliphatic heterocycles. The van der Waals surface area contributed by atoms with Crippen molar-refractivity contribution < 1.29 is 24.0 Å². The number of rotatable bonds is 5. The number of hydrogen-bond acceptors (Lipinski definition) is 8. The smallest absolute Gasteiger partial charge is 0.344 e. The number of nitro benzene ring substituents is 1. The maximum atomic E-state index is 13.1. The van der Waals surface area contributed by atoms with Gasteiger partial charge in [0, 0.05) is 35.4 Å². The van der Waals surface area contributed by atoms with Gasteiger partial charge in [0.05, 0.1) is 10.8 Å². The molecule has 3 heterocycles. The summed E-state index contributed by atoms with van der Waals surface area (Å²) in [7, 11) is 0. The number of furan rings is 1. The summed E-state index contributed by atoms with van der Waals surface area (Å²) in [6.07, 6.45) is 0. The maximum absolute atomic E-state index is 13.1. The first-order chi connectivity index (χ1) is 13.4. The van der Waals surface area contributed by atoms with Crippen LogP contribution in [-0.2, 0) is 9.59 Å². The van der Waals surface area contributed by atoms with Crippen molar-refractivity contribution in [3.05, 3.63) is 52.3 Å². The van der Waals surface area contributed by atoms with E-state index >= 15 is 0 Å². The molecule has 2 saturated heterocycles. The number of fused-ring (bicyclic) bond motifs is 2. The monoisotopic (exact) mass is 418 g/mol. The van der Waals surface area contributed by atoms with Gasteiger partial charge in [-0.05, 0) is 12.1 Å². The molecule has 0 amide bonds. The number of piperidine rings is 1. The normalized spacial score (nSPS) is 26.2. The van der Waals surface area contributed by atoms with Crippen LogP contribution in [0.25, 0.3) is 11.3 Å². The van der Waals surface area contributed by atoms with Crippen LogP contribution < -0.4 is 0 Å². The van der Waals surface area contributed by atoms with Gasteiger partial charge >= 0.3 is 5.97 Å². The summed E-state index contributed by atoms with van der Waals surface area (Å²) in [5.74, 6) is -0.798. The fourth-order valence-corrected chi connectivity index (χ4v) is 5.29. The largest absolute Gasteiger partial charge is 0.477 e. The molecule has 10 heteroatoms. The molecule has 144 valence electrons. The van der Waals surface area contributed by atoms with Gasteiger partial charge in [-0.2, -0.15) is 0 Å². The topological polar surface area (TPSA) is 114 Å². The van der Waals surface area contributed by atoms with Crippen LogP contribution in [0.1, 0.15) is 11.7 Å². The molecule has 2 fully saturated rings. The van der Waals surface area contributed by atoms with Crippen LogP contribution in [0.2, 0.25) is 0 Å². The van der Waals surface area contributed by atoms with E-state index < -0.39 is 22.9 Å². The molecule has 4 atom stereocenters. The molecule has 28 heavy (non-hydrogen) atoms. The number of carboxylic acid groups (broad SMARTS) is 1. The van der Waals surface area contributed by atoms with Gasteiger partial charge in [-0.3, -0.25) is 19.8 Å². The standard InChI is InChI=1S/C18H14N2O6S2/c21-16-14(13-7-19(8-28-13)15(16)17(27)18(22)23)12-5-4-11(26-12)9-2-1-3-10(6-9)20(24)25/h1-6,13-15H,7-8H2,(H,22,23). The fourth-order valence-electron chi connectivity index (χ4n) is 3.63. The van der Waals surface area contributed by atoms with Gasteiger partial charge in [0.15, 0.2) is 5.78 Å². The van der Waals surface area contributed by atoms with Gasteiger partial charge in [0.1, 0.15) is 22.4 Å². The van der Waals surface area contributed by atoms with Crippen LogP contribution in [0.5, 0.6) is 0 Å². The number of thioether (sulfide) groups is 1. The van der Waals surface area contributed by atoms with Crippen molar-refractivity contribution >= 4 is 46.3 Å². The lowest BCUT2D eigenvalue weighted by atomic mass is 9.86. The average molecular weight is 418 g/mol. The number of carbonyl (C=O) groups excluding carboxylic acids is 1. The Kier molecular flexibility index (Phi) is 4.77. The van der Waals surface area contributed by atoms with Crippen molar-refractivity contribution in [1.82, 2.24) is 4.90 Å². The number of thiocarbonyl (C=S) groups is 1. The molecule has 2 aromatic rings. The predicted octanol–water partition coefficient (Wildman–Crippen LogP) is 2.72. The number of carboxylic acids is 1. The van der Waals surface area contributed by atoms with Crippen molar-refractivity contribution in [3.63, 3.8) is 0 Å². The first-order valence-corrected chi connectivity index (χ1v) is 9.83. The molecule has 1 aromatic heterocycles. The SMILES string of the molecule is O=C(O)C(=S)C1C(=O)C(c2ccc(-c3cccc([N+](=O)[O-])c3)o2)C2CN1CS2. The minimum atomic E-state index is -1.26. The average Bonchev–Trinajstić information content (AvgIpc) is 3.31. The van der Waals surface area contributed by atoms with Gasteiger partial charge in [0.2, 0.25) is 0 Å². The third-order valence-corrected chi connectivity index (χ3v) is 6.64. The van der Waals surface area contributed by atoms with E-state index in [0.717, 1.165) is 0 Å². The van der Waals surface area contributed by atoms with Gasteiger partial charge in [-0.1, -0.05) is 24.4 Å². The van der Waals surface area contributed by atoms with E-state index in [2.05, 4.69) is 0 Å². The summed E-state index contributed by atoms with van der Waals surface area (Å²) in [6, 6.07) is 8.43. The molecule has 4 rings (SSSR count). The van der Waals surface area contributed by atoms with Crippen LogP contribution in [0.3, 0.4) is 0 Å². The number of benzene rings is 1. The molecule has 0 radical (unpaired) electrons. The molecule has 4 unspecified atom stereocenters. The van der Waals surface area contributed by atoms with Crippen LogP contribution in [0.4, 0.5) is 5.69 Å². The Morgan fingerprint density at radius 2 is 2.14 bits per heavy atom. The highest BCUT2D eigenvalue weighted by molar-refractivity contribution is 8.00. The Balaban J connectivity index is 1.67. The Morgan fingerprint density at radius 3 is 2.86 bits per heavy atom. The second-order valence-corrected chi connectivity index (χ2v) is 8.20. The number of Topliss-reactive ketones (excluding diaryl/α,β-unsaturated/α-hetero) is 1. The quantitative estimate of drug-likeness (QED) is 0.445. The zero-order valence-corrected chi connectivity index (χ0v) is 15.9. The Labute approximate surface area is 168 Å². The van der Waals surface area contributed by atoms with Crippen molar-refractivity contribution in [1.29, 1.82) is 0 Å². The highest BCUT2D eigenvalue weighted by atomic mass is 32.2. The first kappa shape index (κ1) is 18.8. The molecule has 2 aliphatic rings. The molecule has 1 aromatic carbocycles. The van der Waals surface area contributed by atoms with E-state index in [4.69, 9.17) is 16.6 Å². The Morgan fingerprint density at radius 1 is 1.36 bits per heavy atom. The van der Waals surface area contributed by atoms with Crippen LogP contribution in [0.15, 0.2) is 40.8 Å². The molecule has 1 N–H and O–H groups in total. The predicted molar refractivity (Wildman–Crippen MR) is 106 cm³/mol. The maximum Gasteiger partial charge on any atom is 0.344 e. The molecule has 0 saturated carbocycles. The Bertz CT molecular complexity index is 1000. The number of aliphatic carboxylic acids is 1. The first-order valence-electron chi connectivity index (χ1n) is 8.38. The summed E-state index contributed by atoms with van der Waals surface area (Å²) in [5.41, 5.74) is 0.472. The number of hydrogen-bond donors (Lipinski definition) is 1. The lowest BCUT2D eigenvalue weighted by Gasteiger charge is -2.33. The number of nitro groups is 1. The van der Waals surface area contributed by atoms with Gasteiger partial charge < -0.3 is 9.52 Å². The van der Waals surface area contributed by atoms with Crippen LogP contribution >= 0.6 is 24.0 Å². The lowest BCUT2D eigenvalue weighted by molar-refractivity contribution is -0.384. The van der Waals surface area contributed by atoms with E-state index in [1.165, 1.54) is 12.1 Å². The number of ketones is 1. The summed E-state index contributed by atoms with van der Waals surface area (Å²) < 4.78 is 5.89. The molecular weight excluding hydrogens is 404 g/mol. The third kappa shape index (κ3) is 3.13.